The maximum absolute atomic E-state index is 12.9. The number of aryl methyl sites for hydroxylation is 1. The SMILES string of the molecule is C=CC(=O)OC(C)(C)BOc1ccc2cc(-c3cc(C(C)C)ccc3CC)c(=O)oc2c1. The molecule has 0 saturated carbocycles. The van der Waals surface area contributed by atoms with Crippen molar-refractivity contribution in [3.05, 3.63) is 76.7 Å². The van der Waals surface area contributed by atoms with Crippen LogP contribution in [0.15, 0.2) is 64.3 Å². The number of carbonyl (C=O) groups excluding carboxylic acids is 1. The minimum atomic E-state index is -0.830. The van der Waals surface area contributed by atoms with E-state index in [9.17, 15) is 9.59 Å². The second-order valence-corrected chi connectivity index (χ2v) is 8.75. The Hall–Kier alpha value is -3.28. The van der Waals surface area contributed by atoms with E-state index in [4.69, 9.17) is 13.8 Å². The van der Waals surface area contributed by atoms with Crippen molar-refractivity contribution < 1.29 is 18.6 Å². The zero-order chi connectivity index (χ0) is 23.5. The quantitative estimate of drug-likeness (QED) is 0.208. The highest BCUT2D eigenvalue weighted by atomic mass is 16.6. The summed E-state index contributed by atoms with van der Waals surface area (Å²) in [4.78, 5) is 24.3. The molecular weight excluding hydrogens is 403 g/mol. The van der Waals surface area contributed by atoms with Gasteiger partial charge in [-0.2, -0.15) is 0 Å². The lowest BCUT2D eigenvalue weighted by atomic mass is 9.77. The Morgan fingerprint density at radius 2 is 1.91 bits per heavy atom. The molecule has 0 bridgehead atoms. The molecule has 32 heavy (non-hydrogen) atoms. The Balaban J connectivity index is 1.93. The van der Waals surface area contributed by atoms with E-state index in [2.05, 4.69) is 45.5 Å². The predicted octanol–water partition coefficient (Wildman–Crippen LogP) is 5.34. The van der Waals surface area contributed by atoms with Crippen molar-refractivity contribution in [3.63, 3.8) is 0 Å². The third-order valence-electron chi connectivity index (χ3n) is 5.31. The number of esters is 1. The molecule has 0 aliphatic heterocycles. The molecule has 2 aromatic carbocycles. The normalized spacial score (nSPS) is 11.4. The van der Waals surface area contributed by atoms with E-state index < -0.39 is 11.5 Å². The van der Waals surface area contributed by atoms with E-state index in [-0.39, 0.29) is 13.1 Å². The van der Waals surface area contributed by atoms with Crippen LogP contribution in [0, 0.1) is 0 Å². The van der Waals surface area contributed by atoms with Gasteiger partial charge in [-0.3, -0.25) is 0 Å². The third-order valence-corrected chi connectivity index (χ3v) is 5.31. The van der Waals surface area contributed by atoms with Gasteiger partial charge in [0.25, 0.3) is 0 Å². The first-order valence-electron chi connectivity index (χ1n) is 10.8. The fourth-order valence-corrected chi connectivity index (χ4v) is 3.48. The number of ether oxygens (including phenoxy) is 1. The number of carbonyl (C=O) groups is 1. The molecule has 6 heteroatoms. The number of fused-ring (bicyclic) bond motifs is 1. The van der Waals surface area contributed by atoms with Crippen molar-refractivity contribution in [2.24, 2.45) is 0 Å². The van der Waals surface area contributed by atoms with E-state index in [1.807, 2.05) is 18.2 Å². The van der Waals surface area contributed by atoms with Crippen molar-refractivity contribution in [2.45, 2.75) is 52.5 Å². The van der Waals surface area contributed by atoms with Crippen LogP contribution in [-0.2, 0) is 16.0 Å². The van der Waals surface area contributed by atoms with Gasteiger partial charge in [-0.05, 0) is 61.1 Å². The summed E-state index contributed by atoms with van der Waals surface area (Å²) in [7, 11) is 0.141. The van der Waals surface area contributed by atoms with Gasteiger partial charge < -0.3 is 13.8 Å². The Kier molecular flexibility index (Phi) is 6.92. The van der Waals surface area contributed by atoms with Crippen LogP contribution in [0.3, 0.4) is 0 Å². The van der Waals surface area contributed by atoms with Gasteiger partial charge in [-0.25, -0.2) is 9.59 Å². The number of benzene rings is 2. The van der Waals surface area contributed by atoms with Crippen LogP contribution in [0.2, 0.25) is 0 Å². The molecule has 0 atom stereocenters. The van der Waals surface area contributed by atoms with Crippen molar-refractivity contribution in [3.8, 4) is 16.9 Å². The summed E-state index contributed by atoms with van der Waals surface area (Å²) >= 11 is 0. The van der Waals surface area contributed by atoms with Crippen LogP contribution in [-0.4, -0.2) is 19.0 Å². The van der Waals surface area contributed by atoms with E-state index in [0.29, 0.717) is 22.8 Å². The van der Waals surface area contributed by atoms with Crippen molar-refractivity contribution in [1.82, 2.24) is 0 Å². The highest BCUT2D eigenvalue weighted by Gasteiger charge is 2.26. The van der Waals surface area contributed by atoms with Gasteiger partial charge in [-0.1, -0.05) is 45.5 Å². The standard InChI is InChI=1S/C26H29BO5/c1-7-17-9-10-18(16(3)4)13-21(17)22-14-19-11-12-20(15-23(19)30-25(22)29)32-27-26(5,6)31-24(28)8-2/h8-16,27H,2,7H2,1,3-6H3. The molecule has 0 aliphatic rings. The van der Waals surface area contributed by atoms with Crippen LogP contribution >= 0.6 is 0 Å². The Labute approximate surface area is 189 Å². The minimum Gasteiger partial charge on any atom is -0.560 e. The van der Waals surface area contributed by atoms with E-state index in [0.717, 1.165) is 29.0 Å². The average molecular weight is 432 g/mol. The maximum atomic E-state index is 12.9. The van der Waals surface area contributed by atoms with E-state index >= 15 is 0 Å². The molecule has 0 radical (unpaired) electrons. The fourth-order valence-electron chi connectivity index (χ4n) is 3.48. The molecule has 1 aromatic heterocycles. The lowest BCUT2D eigenvalue weighted by Gasteiger charge is -2.23. The fraction of sp³-hybridized carbons (Fsp3) is 0.308. The molecule has 0 fully saturated rings. The Bertz CT molecular complexity index is 1210. The molecule has 0 saturated heterocycles. The summed E-state index contributed by atoms with van der Waals surface area (Å²) < 4.78 is 16.7. The van der Waals surface area contributed by atoms with Gasteiger partial charge in [0.1, 0.15) is 16.8 Å². The summed E-state index contributed by atoms with van der Waals surface area (Å²) in [6, 6.07) is 13.5. The number of hydrogen-bond donors (Lipinski definition) is 0. The van der Waals surface area contributed by atoms with Crippen LogP contribution in [0.25, 0.3) is 22.1 Å². The Morgan fingerprint density at radius 1 is 1.16 bits per heavy atom. The van der Waals surface area contributed by atoms with Crippen LogP contribution in [0.5, 0.6) is 5.75 Å². The lowest BCUT2D eigenvalue weighted by molar-refractivity contribution is -0.144. The largest absolute Gasteiger partial charge is 0.560 e. The zero-order valence-corrected chi connectivity index (χ0v) is 19.4. The van der Waals surface area contributed by atoms with Gasteiger partial charge >= 0.3 is 19.1 Å². The Morgan fingerprint density at radius 3 is 2.56 bits per heavy atom. The van der Waals surface area contributed by atoms with Crippen LogP contribution in [0.4, 0.5) is 0 Å². The average Bonchev–Trinajstić information content (AvgIpc) is 2.76. The zero-order valence-electron chi connectivity index (χ0n) is 19.4. The number of hydrogen-bond acceptors (Lipinski definition) is 5. The first kappa shape index (κ1) is 23.4. The highest BCUT2D eigenvalue weighted by molar-refractivity contribution is 6.33. The second-order valence-electron chi connectivity index (χ2n) is 8.75. The van der Waals surface area contributed by atoms with Crippen LogP contribution in [0.1, 0.15) is 51.7 Å². The van der Waals surface area contributed by atoms with E-state index in [1.54, 1.807) is 19.9 Å². The lowest BCUT2D eigenvalue weighted by Crippen LogP contribution is -2.37. The molecule has 0 amide bonds. The third kappa shape index (κ3) is 5.31. The minimum absolute atomic E-state index is 0.141. The topological polar surface area (TPSA) is 65.7 Å². The van der Waals surface area contributed by atoms with Gasteiger partial charge in [0, 0.05) is 17.5 Å². The van der Waals surface area contributed by atoms with E-state index in [1.165, 1.54) is 5.56 Å². The summed E-state index contributed by atoms with van der Waals surface area (Å²) in [6.07, 6.45) is 1.94. The van der Waals surface area contributed by atoms with Gasteiger partial charge in [0.15, 0.2) is 0 Å². The molecule has 5 nitrogen and oxygen atoms in total. The predicted molar refractivity (Wildman–Crippen MR) is 130 cm³/mol. The monoisotopic (exact) mass is 432 g/mol. The second kappa shape index (κ2) is 9.47. The summed E-state index contributed by atoms with van der Waals surface area (Å²) in [5.74, 6) is 0.373. The molecule has 3 rings (SSSR count). The molecule has 1 heterocycles. The molecule has 3 aromatic rings. The van der Waals surface area contributed by atoms with Gasteiger partial charge in [0.2, 0.25) is 0 Å². The van der Waals surface area contributed by atoms with Crippen molar-refractivity contribution >= 4 is 24.4 Å². The molecule has 0 aliphatic carbocycles. The van der Waals surface area contributed by atoms with Crippen LogP contribution < -0.4 is 10.3 Å². The van der Waals surface area contributed by atoms with Gasteiger partial charge in [-0.15, -0.1) is 0 Å². The maximum Gasteiger partial charge on any atom is 0.384 e. The summed E-state index contributed by atoms with van der Waals surface area (Å²) in [5, 5.41) is 0.807. The first-order chi connectivity index (χ1) is 15.1. The number of rotatable bonds is 8. The summed E-state index contributed by atoms with van der Waals surface area (Å²) in [6.45, 7) is 13.2. The molecule has 0 unspecified atom stereocenters. The van der Waals surface area contributed by atoms with Crippen molar-refractivity contribution in [2.75, 3.05) is 0 Å². The smallest absolute Gasteiger partial charge is 0.384 e. The summed E-state index contributed by atoms with van der Waals surface area (Å²) in [5.41, 5.74) is 2.99. The molecule has 166 valence electrons. The highest BCUT2D eigenvalue weighted by Crippen LogP contribution is 2.29. The molecular formula is C26H29BO5. The van der Waals surface area contributed by atoms with Crippen molar-refractivity contribution in [1.29, 1.82) is 0 Å². The van der Waals surface area contributed by atoms with Gasteiger partial charge in [0.05, 0.1) is 5.56 Å². The first-order valence-corrected chi connectivity index (χ1v) is 10.8. The molecule has 0 spiro atoms. The molecule has 0 N–H and O–H groups in total.